The molecule has 0 amide bonds. The molecule has 8 heteroatoms. The Morgan fingerprint density at radius 3 is 2.81 bits per heavy atom. The van der Waals surface area contributed by atoms with Gasteiger partial charge in [0, 0.05) is 55.4 Å². The molecule has 0 unspecified atom stereocenters. The Morgan fingerprint density at radius 1 is 1.06 bits per heavy atom. The second kappa shape index (κ2) is 7.25. The van der Waals surface area contributed by atoms with Crippen molar-refractivity contribution in [3.63, 3.8) is 0 Å². The molecule has 4 aromatic rings. The Balaban J connectivity index is 1.25. The Bertz CT molecular complexity index is 1270. The smallest absolute Gasteiger partial charge is 0.133 e. The van der Waals surface area contributed by atoms with Crippen molar-refractivity contribution in [3.8, 4) is 10.6 Å². The monoisotopic (exact) mass is 429 g/mol. The van der Waals surface area contributed by atoms with Gasteiger partial charge in [-0.05, 0) is 44.2 Å². The van der Waals surface area contributed by atoms with Gasteiger partial charge in [-0.25, -0.2) is 15.0 Å². The van der Waals surface area contributed by atoms with E-state index in [9.17, 15) is 0 Å². The molecule has 4 aromatic heterocycles. The van der Waals surface area contributed by atoms with E-state index >= 15 is 0 Å². The molecule has 0 saturated carbocycles. The molecule has 2 aliphatic heterocycles. The average molecular weight is 430 g/mol. The van der Waals surface area contributed by atoms with E-state index in [0.717, 1.165) is 51.3 Å². The molecule has 0 radical (unpaired) electrons. The summed E-state index contributed by atoms with van der Waals surface area (Å²) in [6.45, 7) is 4.25. The van der Waals surface area contributed by atoms with Crippen LogP contribution >= 0.6 is 11.3 Å². The highest BCUT2D eigenvalue weighted by molar-refractivity contribution is 7.21. The van der Waals surface area contributed by atoms with E-state index in [1.807, 2.05) is 36.8 Å². The lowest BCUT2D eigenvalue weighted by Gasteiger charge is -2.32. The van der Waals surface area contributed by atoms with E-state index in [-0.39, 0.29) is 0 Å². The summed E-state index contributed by atoms with van der Waals surface area (Å²) < 4.78 is 1.06. The number of fused-ring (bicyclic) bond motifs is 3. The van der Waals surface area contributed by atoms with Gasteiger partial charge in [-0.15, -0.1) is 11.3 Å². The second-order valence-corrected chi connectivity index (χ2v) is 9.42. The lowest BCUT2D eigenvalue weighted by atomic mass is 10.2. The van der Waals surface area contributed by atoms with Gasteiger partial charge >= 0.3 is 0 Å². The molecular weight excluding hydrogens is 406 g/mol. The number of aryl methyl sites for hydroxylation is 1. The molecule has 1 N–H and O–H groups in total. The number of rotatable bonds is 4. The van der Waals surface area contributed by atoms with Gasteiger partial charge in [0.15, 0.2) is 0 Å². The molecule has 31 heavy (non-hydrogen) atoms. The van der Waals surface area contributed by atoms with Crippen LogP contribution in [-0.4, -0.2) is 57.1 Å². The molecular formula is C23H23N7S. The molecule has 6 rings (SSSR count). The Hall–Kier alpha value is -3.10. The number of pyridine rings is 3. The predicted octanol–water partition coefficient (Wildman–Crippen LogP) is 4.09. The number of nitrogens with zero attached hydrogens (tertiary/aromatic N) is 6. The van der Waals surface area contributed by atoms with E-state index in [1.54, 1.807) is 11.3 Å². The molecule has 6 heterocycles. The van der Waals surface area contributed by atoms with Crippen LogP contribution < -0.4 is 10.2 Å². The second-order valence-electron chi connectivity index (χ2n) is 8.39. The highest BCUT2D eigenvalue weighted by atomic mass is 32.1. The van der Waals surface area contributed by atoms with Crippen molar-refractivity contribution in [1.82, 2.24) is 24.8 Å². The van der Waals surface area contributed by atoms with Crippen LogP contribution in [0.1, 0.15) is 12.0 Å². The first kappa shape index (κ1) is 18.7. The van der Waals surface area contributed by atoms with E-state index in [2.05, 4.69) is 51.2 Å². The summed E-state index contributed by atoms with van der Waals surface area (Å²) in [7, 11) is 2.22. The zero-order valence-electron chi connectivity index (χ0n) is 17.5. The van der Waals surface area contributed by atoms with Crippen molar-refractivity contribution in [2.24, 2.45) is 0 Å². The molecule has 2 saturated heterocycles. The van der Waals surface area contributed by atoms with Crippen LogP contribution in [0.4, 0.5) is 17.5 Å². The third-order valence-corrected chi connectivity index (χ3v) is 7.38. The van der Waals surface area contributed by atoms with Gasteiger partial charge in [0.1, 0.15) is 22.5 Å². The summed E-state index contributed by atoms with van der Waals surface area (Å²) in [5, 5.41) is 4.33. The van der Waals surface area contributed by atoms with Gasteiger partial charge in [-0.3, -0.25) is 9.88 Å². The topological polar surface area (TPSA) is 70.1 Å². The number of likely N-dealkylation sites (N-methyl/N-ethyl adjacent to an activating group) is 1. The van der Waals surface area contributed by atoms with Gasteiger partial charge < -0.3 is 10.2 Å². The van der Waals surface area contributed by atoms with Crippen LogP contribution in [0, 0.1) is 6.92 Å². The van der Waals surface area contributed by atoms with Gasteiger partial charge in [-0.2, -0.15) is 0 Å². The maximum Gasteiger partial charge on any atom is 0.133 e. The quantitative estimate of drug-likeness (QED) is 0.524. The van der Waals surface area contributed by atoms with Crippen molar-refractivity contribution in [3.05, 3.63) is 54.5 Å². The predicted molar refractivity (Wildman–Crippen MR) is 125 cm³/mol. The van der Waals surface area contributed by atoms with Crippen molar-refractivity contribution in [2.75, 3.05) is 30.4 Å². The fourth-order valence-corrected chi connectivity index (χ4v) is 5.63. The molecule has 0 aromatic carbocycles. The maximum absolute atomic E-state index is 4.87. The Labute approximate surface area is 184 Å². The number of anilines is 3. The molecule has 156 valence electrons. The molecule has 7 nitrogen and oxygen atoms in total. The highest BCUT2D eigenvalue weighted by Crippen LogP contribution is 2.34. The number of likely N-dealkylation sites (tertiary alicyclic amines) is 1. The molecule has 0 spiro atoms. The molecule has 2 bridgehead atoms. The minimum atomic E-state index is 0.566. The van der Waals surface area contributed by atoms with Gasteiger partial charge in [0.2, 0.25) is 0 Å². The lowest BCUT2D eigenvalue weighted by molar-refractivity contribution is 0.292. The van der Waals surface area contributed by atoms with Gasteiger partial charge in [-0.1, -0.05) is 6.07 Å². The first-order chi connectivity index (χ1) is 15.1. The van der Waals surface area contributed by atoms with Crippen molar-refractivity contribution in [2.45, 2.75) is 25.4 Å². The largest absolute Gasteiger partial charge is 0.351 e. The van der Waals surface area contributed by atoms with Crippen LogP contribution in [0.5, 0.6) is 0 Å². The summed E-state index contributed by atoms with van der Waals surface area (Å²) in [6, 6.07) is 11.4. The van der Waals surface area contributed by atoms with Gasteiger partial charge in [0.05, 0.1) is 10.2 Å². The van der Waals surface area contributed by atoms with Crippen LogP contribution in [0.15, 0.2) is 48.9 Å². The van der Waals surface area contributed by atoms with Crippen LogP contribution in [0.25, 0.3) is 20.8 Å². The maximum atomic E-state index is 4.87. The zero-order valence-corrected chi connectivity index (χ0v) is 18.3. The molecule has 2 atom stereocenters. The molecule has 0 aliphatic carbocycles. The summed E-state index contributed by atoms with van der Waals surface area (Å²) >= 11 is 1.64. The minimum absolute atomic E-state index is 0.566. The summed E-state index contributed by atoms with van der Waals surface area (Å²) in [5.74, 6) is 2.59. The van der Waals surface area contributed by atoms with Crippen LogP contribution in [0.2, 0.25) is 0 Å². The minimum Gasteiger partial charge on any atom is -0.351 e. The SMILES string of the molecule is Cc1ccncc1-c1nc2cc(Nc3cccc(N4C[C@@H]5C[C@H]4CN5C)n3)ncc2s1. The summed E-state index contributed by atoms with van der Waals surface area (Å²) in [6.07, 6.45) is 6.79. The highest BCUT2D eigenvalue weighted by Gasteiger charge is 2.41. The number of aromatic nitrogens is 4. The summed E-state index contributed by atoms with van der Waals surface area (Å²) in [5.41, 5.74) is 3.16. The van der Waals surface area contributed by atoms with Crippen molar-refractivity contribution < 1.29 is 0 Å². The Kier molecular flexibility index (Phi) is 4.36. The first-order valence-electron chi connectivity index (χ1n) is 10.5. The third-order valence-electron chi connectivity index (χ3n) is 6.34. The van der Waals surface area contributed by atoms with E-state index in [1.165, 1.54) is 12.0 Å². The Morgan fingerprint density at radius 2 is 2.00 bits per heavy atom. The average Bonchev–Trinajstić information content (AvgIpc) is 3.47. The fraction of sp³-hybridized carbons (Fsp3) is 0.304. The number of hydrogen-bond acceptors (Lipinski definition) is 8. The van der Waals surface area contributed by atoms with E-state index < -0.39 is 0 Å². The molecule has 2 fully saturated rings. The normalized spacial score (nSPS) is 20.6. The van der Waals surface area contributed by atoms with Crippen LogP contribution in [-0.2, 0) is 0 Å². The number of thiazole rings is 1. The van der Waals surface area contributed by atoms with E-state index in [4.69, 9.17) is 9.97 Å². The van der Waals surface area contributed by atoms with Crippen molar-refractivity contribution in [1.29, 1.82) is 0 Å². The lowest BCUT2D eigenvalue weighted by Crippen LogP contribution is -2.44. The summed E-state index contributed by atoms with van der Waals surface area (Å²) in [4.78, 5) is 23.4. The first-order valence-corrected chi connectivity index (χ1v) is 11.3. The number of nitrogens with one attached hydrogen (secondary N) is 1. The third kappa shape index (κ3) is 3.32. The van der Waals surface area contributed by atoms with Crippen molar-refractivity contribution >= 4 is 39.0 Å². The zero-order chi connectivity index (χ0) is 20.9. The van der Waals surface area contributed by atoms with E-state index in [0.29, 0.717) is 12.1 Å². The van der Waals surface area contributed by atoms with Crippen LogP contribution in [0.3, 0.4) is 0 Å². The number of piperazine rings is 1. The number of hydrogen-bond donors (Lipinski definition) is 1. The van der Waals surface area contributed by atoms with Gasteiger partial charge in [0.25, 0.3) is 0 Å². The standard InChI is InChI=1S/C23H23N7S/c1-14-6-7-24-10-17(14)23-26-18-9-21(25-11-19(18)31-23)27-20-4-3-5-22(28-20)30-13-15-8-16(30)12-29(15)2/h3-7,9-11,15-16H,8,12-13H2,1-2H3,(H,25,27,28)/t15-,16-/m0/s1. The fourth-order valence-electron chi connectivity index (χ4n) is 4.64. The molecule has 2 aliphatic rings.